The van der Waals surface area contributed by atoms with Crippen molar-refractivity contribution in [2.24, 2.45) is 0 Å². The molecule has 182 valence electrons. The molecule has 0 aliphatic carbocycles. The van der Waals surface area contributed by atoms with Crippen LogP contribution in [0.25, 0.3) is 5.69 Å². The summed E-state index contributed by atoms with van der Waals surface area (Å²) in [4.78, 5) is 14.2. The molecule has 34 heavy (non-hydrogen) atoms. The molecule has 0 fully saturated rings. The second-order valence-electron chi connectivity index (χ2n) is 7.82. The predicted molar refractivity (Wildman–Crippen MR) is 128 cm³/mol. The van der Waals surface area contributed by atoms with Gasteiger partial charge in [0.05, 0.1) is 17.4 Å². The third-order valence-corrected chi connectivity index (χ3v) is 6.25. The number of amides is 1. The van der Waals surface area contributed by atoms with Gasteiger partial charge in [0, 0.05) is 39.5 Å². The summed E-state index contributed by atoms with van der Waals surface area (Å²) in [5.41, 5.74) is 2.74. The molecule has 0 saturated heterocycles. The van der Waals surface area contributed by atoms with E-state index in [0.717, 1.165) is 16.5 Å². The van der Waals surface area contributed by atoms with Gasteiger partial charge in [-0.15, -0.1) is 24.9 Å². The highest BCUT2D eigenvalue weighted by atomic mass is 35.5. The molecule has 0 aliphatic heterocycles. The van der Waals surface area contributed by atoms with Crippen molar-refractivity contribution in [2.45, 2.75) is 44.6 Å². The molecule has 1 atom stereocenters. The van der Waals surface area contributed by atoms with Gasteiger partial charge in [-0.25, -0.2) is 0 Å². The Morgan fingerprint density at radius 2 is 1.91 bits per heavy atom. The summed E-state index contributed by atoms with van der Waals surface area (Å²) in [7, 11) is 0. The van der Waals surface area contributed by atoms with Crippen molar-refractivity contribution in [1.82, 2.24) is 4.57 Å². The van der Waals surface area contributed by atoms with Gasteiger partial charge >= 0.3 is 6.36 Å². The number of hydrogen-bond acceptors (Lipinski definition) is 4. The second-order valence-corrected chi connectivity index (χ2v) is 9.11. The summed E-state index contributed by atoms with van der Waals surface area (Å²) in [5, 5.41) is 12.9. The van der Waals surface area contributed by atoms with Crippen molar-refractivity contribution in [3.05, 3.63) is 70.0 Å². The third kappa shape index (κ3) is 6.08. The maximum Gasteiger partial charge on any atom is 0.573 e. The number of thioether (sulfide) groups is 1. The number of aliphatic hydroxyl groups is 1. The van der Waals surface area contributed by atoms with Gasteiger partial charge in [-0.1, -0.05) is 11.6 Å². The summed E-state index contributed by atoms with van der Waals surface area (Å²) in [6, 6.07) is 11.0. The number of carbonyl (C=O) groups excluding carboxylic acids is 1. The van der Waals surface area contributed by atoms with Gasteiger partial charge in [0.1, 0.15) is 0 Å². The van der Waals surface area contributed by atoms with Crippen molar-refractivity contribution in [3.63, 3.8) is 0 Å². The van der Waals surface area contributed by atoms with E-state index < -0.39 is 24.1 Å². The summed E-state index contributed by atoms with van der Waals surface area (Å²) in [6.45, 7) is 5.11. The lowest BCUT2D eigenvalue weighted by atomic mass is 10.1. The number of carbonyl (C=O) groups is 1. The number of halogens is 4. The van der Waals surface area contributed by atoms with Crippen molar-refractivity contribution in [2.75, 3.05) is 11.6 Å². The third-order valence-electron chi connectivity index (χ3n) is 5.11. The molecule has 3 rings (SSSR count). The molecule has 2 aromatic carbocycles. The standard InChI is InChI=1S/C24H24ClF3N2O3S/c1-13-9-17(6-8-22(13)34-4)29-23(32)19-12-18(10-14(2)31)30(15(19)3)20-7-5-16(25)11-21(20)33-24(26,27)28/h5-9,11-12,14,31H,10H2,1-4H3,(H,29,32). The quantitative estimate of drug-likeness (QED) is 0.353. The second kappa shape index (κ2) is 10.3. The molecule has 0 radical (unpaired) electrons. The molecule has 3 aromatic rings. The monoisotopic (exact) mass is 512 g/mol. The van der Waals surface area contributed by atoms with E-state index in [1.807, 2.05) is 25.3 Å². The summed E-state index contributed by atoms with van der Waals surface area (Å²) in [5.74, 6) is -0.938. The SMILES string of the molecule is CSc1ccc(NC(=O)c2cc(CC(C)O)n(-c3ccc(Cl)cc3OC(F)(F)F)c2C)cc1C. The summed E-state index contributed by atoms with van der Waals surface area (Å²) in [6.07, 6.45) is -3.68. The fraction of sp³-hybridized carbons (Fsp3) is 0.292. The van der Waals surface area contributed by atoms with Crippen molar-refractivity contribution in [3.8, 4) is 11.4 Å². The van der Waals surface area contributed by atoms with E-state index in [9.17, 15) is 23.1 Å². The van der Waals surface area contributed by atoms with Crippen LogP contribution in [0.5, 0.6) is 5.75 Å². The highest BCUT2D eigenvalue weighted by Gasteiger charge is 2.33. The number of nitrogens with one attached hydrogen (secondary N) is 1. The van der Waals surface area contributed by atoms with Crippen LogP contribution >= 0.6 is 23.4 Å². The lowest BCUT2D eigenvalue weighted by Crippen LogP contribution is -2.19. The average Bonchev–Trinajstić information content (AvgIpc) is 3.02. The molecule has 1 unspecified atom stereocenters. The minimum atomic E-state index is -4.94. The molecule has 0 bridgehead atoms. The predicted octanol–water partition coefficient (Wildman–Crippen LogP) is 6.54. The van der Waals surface area contributed by atoms with E-state index in [2.05, 4.69) is 10.1 Å². The number of nitrogens with zero attached hydrogens (tertiary/aromatic N) is 1. The van der Waals surface area contributed by atoms with Gasteiger partial charge < -0.3 is 19.7 Å². The Kier molecular flexibility index (Phi) is 7.90. The molecule has 5 nitrogen and oxygen atoms in total. The van der Waals surface area contributed by atoms with Gasteiger partial charge in [0.15, 0.2) is 5.75 Å². The molecule has 1 heterocycles. The van der Waals surface area contributed by atoms with E-state index >= 15 is 0 Å². The van der Waals surface area contributed by atoms with Gasteiger partial charge in [-0.3, -0.25) is 4.79 Å². The number of alkyl halides is 3. The van der Waals surface area contributed by atoms with Crippen molar-refractivity contribution in [1.29, 1.82) is 0 Å². The molecule has 0 saturated carbocycles. The molecule has 1 amide bonds. The maximum atomic E-state index is 13.1. The van der Waals surface area contributed by atoms with Crippen LogP contribution in [0.3, 0.4) is 0 Å². The largest absolute Gasteiger partial charge is 0.573 e. The Bertz CT molecular complexity index is 1210. The Balaban J connectivity index is 2.07. The molecule has 1 aromatic heterocycles. The maximum absolute atomic E-state index is 13.1. The summed E-state index contributed by atoms with van der Waals surface area (Å²) >= 11 is 7.51. The highest BCUT2D eigenvalue weighted by molar-refractivity contribution is 7.98. The normalized spacial score (nSPS) is 12.5. The smallest absolute Gasteiger partial charge is 0.403 e. The van der Waals surface area contributed by atoms with Crippen LogP contribution in [0, 0.1) is 13.8 Å². The van der Waals surface area contributed by atoms with E-state index in [4.69, 9.17) is 11.6 Å². The Morgan fingerprint density at radius 3 is 2.50 bits per heavy atom. The van der Waals surface area contributed by atoms with Crippen molar-refractivity contribution >= 4 is 35.0 Å². The van der Waals surface area contributed by atoms with E-state index in [1.165, 1.54) is 16.7 Å². The number of ether oxygens (including phenoxy) is 1. The first kappa shape index (κ1) is 26.0. The fourth-order valence-electron chi connectivity index (χ4n) is 3.72. The first-order valence-electron chi connectivity index (χ1n) is 10.3. The van der Waals surface area contributed by atoms with E-state index in [-0.39, 0.29) is 22.7 Å². The average molecular weight is 513 g/mol. The van der Waals surface area contributed by atoms with E-state index in [0.29, 0.717) is 17.1 Å². The van der Waals surface area contributed by atoms with E-state index in [1.54, 1.807) is 37.7 Å². The lowest BCUT2D eigenvalue weighted by Gasteiger charge is -2.18. The number of aromatic nitrogens is 1. The zero-order valence-corrected chi connectivity index (χ0v) is 20.5. The molecule has 2 N–H and O–H groups in total. The van der Waals surface area contributed by atoms with Gasteiger partial charge in [0.2, 0.25) is 0 Å². The van der Waals surface area contributed by atoms with Crippen LogP contribution in [0.4, 0.5) is 18.9 Å². The van der Waals surface area contributed by atoms with Crippen LogP contribution < -0.4 is 10.1 Å². The fourth-order valence-corrected chi connectivity index (χ4v) is 4.47. The first-order chi connectivity index (χ1) is 15.9. The zero-order valence-electron chi connectivity index (χ0n) is 19.0. The van der Waals surface area contributed by atoms with Gasteiger partial charge in [-0.05, 0) is 69.0 Å². The Morgan fingerprint density at radius 1 is 1.21 bits per heavy atom. The first-order valence-corrected chi connectivity index (χ1v) is 11.9. The minimum absolute atomic E-state index is 0.0501. The number of hydrogen-bond donors (Lipinski definition) is 2. The zero-order chi connectivity index (χ0) is 25.2. The van der Waals surface area contributed by atoms with Crippen molar-refractivity contribution < 1.29 is 27.8 Å². The van der Waals surface area contributed by atoms with Gasteiger partial charge in [-0.2, -0.15) is 0 Å². The van der Waals surface area contributed by atoms with Crippen LogP contribution in [0.2, 0.25) is 5.02 Å². The highest BCUT2D eigenvalue weighted by Crippen LogP contribution is 2.35. The molecular weight excluding hydrogens is 489 g/mol. The van der Waals surface area contributed by atoms with Crippen LogP contribution in [0.1, 0.15) is 34.2 Å². The number of aliphatic hydroxyl groups excluding tert-OH is 1. The minimum Gasteiger partial charge on any atom is -0.403 e. The van der Waals surface area contributed by atoms with Crippen LogP contribution in [-0.4, -0.2) is 34.3 Å². The number of anilines is 1. The molecule has 0 spiro atoms. The Labute approximate surface area is 204 Å². The number of rotatable bonds is 7. The summed E-state index contributed by atoms with van der Waals surface area (Å²) < 4.78 is 44.9. The Hall–Kier alpha value is -2.62. The topological polar surface area (TPSA) is 63.5 Å². The van der Waals surface area contributed by atoms with Crippen LogP contribution in [0.15, 0.2) is 47.4 Å². The number of aryl methyl sites for hydroxylation is 1. The molecular formula is C24H24ClF3N2O3S. The van der Waals surface area contributed by atoms with Gasteiger partial charge in [0.25, 0.3) is 5.91 Å². The molecule has 0 aliphatic rings. The van der Waals surface area contributed by atoms with Crippen LogP contribution in [-0.2, 0) is 6.42 Å². The number of benzene rings is 2. The lowest BCUT2D eigenvalue weighted by molar-refractivity contribution is -0.274. The molecule has 10 heteroatoms.